The molecule has 0 fully saturated rings. The van der Waals surface area contributed by atoms with Crippen molar-refractivity contribution in [3.63, 3.8) is 0 Å². The monoisotopic (exact) mass is 193 g/mol. The van der Waals surface area contributed by atoms with Crippen LogP contribution < -0.4 is 0 Å². The van der Waals surface area contributed by atoms with Gasteiger partial charge in [-0.25, -0.2) is 0 Å². The van der Waals surface area contributed by atoms with Gasteiger partial charge in [0, 0.05) is 0 Å². The van der Waals surface area contributed by atoms with Gasteiger partial charge in [-0.05, 0) is 30.5 Å². The molecule has 1 aromatic rings. The van der Waals surface area contributed by atoms with Crippen LogP contribution in [0, 0.1) is 4.91 Å². The van der Waals surface area contributed by atoms with Crippen molar-refractivity contribution in [3.8, 4) is 5.75 Å². The van der Waals surface area contributed by atoms with E-state index in [1.165, 1.54) is 0 Å². The molecule has 0 saturated carbocycles. The number of hydrogen-bond acceptors (Lipinski definition) is 3. The third-order valence-corrected chi connectivity index (χ3v) is 2.15. The molecule has 0 aliphatic rings. The van der Waals surface area contributed by atoms with Crippen molar-refractivity contribution in [2.45, 2.75) is 32.2 Å². The summed E-state index contributed by atoms with van der Waals surface area (Å²) in [5, 5.41) is 12.3. The predicted octanol–water partition coefficient (Wildman–Crippen LogP) is 2.87. The van der Waals surface area contributed by atoms with Crippen molar-refractivity contribution in [1.29, 1.82) is 0 Å². The minimum absolute atomic E-state index is 0.165. The van der Waals surface area contributed by atoms with Crippen LogP contribution in [0.3, 0.4) is 0 Å². The fourth-order valence-electron chi connectivity index (χ4n) is 1.48. The van der Waals surface area contributed by atoms with E-state index in [0.717, 1.165) is 18.4 Å². The SMILES string of the molecule is CCCC(Cc1cccc(O)c1)N=O. The first-order valence-corrected chi connectivity index (χ1v) is 4.86. The number of phenols is 1. The van der Waals surface area contributed by atoms with E-state index < -0.39 is 0 Å². The summed E-state index contributed by atoms with van der Waals surface area (Å²) in [6.45, 7) is 2.03. The lowest BCUT2D eigenvalue weighted by molar-refractivity contribution is 0.474. The molecule has 0 radical (unpaired) electrons. The van der Waals surface area contributed by atoms with E-state index in [1.807, 2.05) is 13.0 Å². The molecule has 1 aromatic carbocycles. The Hall–Kier alpha value is -1.38. The van der Waals surface area contributed by atoms with Gasteiger partial charge in [0.05, 0.1) is 6.04 Å². The van der Waals surface area contributed by atoms with Crippen LogP contribution in [0.4, 0.5) is 0 Å². The fourth-order valence-corrected chi connectivity index (χ4v) is 1.48. The van der Waals surface area contributed by atoms with Gasteiger partial charge in [0.15, 0.2) is 0 Å². The third-order valence-electron chi connectivity index (χ3n) is 2.15. The first-order valence-electron chi connectivity index (χ1n) is 4.86. The zero-order valence-electron chi connectivity index (χ0n) is 8.31. The van der Waals surface area contributed by atoms with Crippen LogP contribution in [-0.4, -0.2) is 11.1 Å². The van der Waals surface area contributed by atoms with E-state index in [1.54, 1.807) is 18.2 Å². The van der Waals surface area contributed by atoms with Crippen molar-refractivity contribution in [1.82, 2.24) is 0 Å². The van der Waals surface area contributed by atoms with Gasteiger partial charge in [0.2, 0.25) is 0 Å². The average molecular weight is 193 g/mol. The Bertz CT molecular complexity index is 299. The van der Waals surface area contributed by atoms with Crippen LogP contribution in [0.5, 0.6) is 5.75 Å². The number of aromatic hydroxyl groups is 1. The molecule has 76 valence electrons. The average Bonchev–Trinajstić information content (AvgIpc) is 2.17. The molecule has 14 heavy (non-hydrogen) atoms. The highest BCUT2D eigenvalue weighted by atomic mass is 16.3. The summed E-state index contributed by atoms with van der Waals surface area (Å²) < 4.78 is 0. The number of rotatable bonds is 5. The number of nitrogens with zero attached hydrogens (tertiary/aromatic N) is 1. The van der Waals surface area contributed by atoms with Crippen molar-refractivity contribution in [3.05, 3.63) is 34.7 Å². The lowest BCUT2D eigenvalue weighted by atomic mass is 10.0. The van der Waals surface area contributed by atoms with Crippen molar-refractivity contribution < 1.29 is 5.11 Å². The van der Waals surface area contributed by atoms with E-state index in [4.69, 9.17) is 0 Å². The fraction of sp³-hybridized carbons (Fsp3) is 0.455. The minimum Gasteiger partial charge on any atom is -0.508 e. The zero-order chi connectivity index (χ0) is 10.4. The Morgan fingerprint density at radius 1 is 1.50 bits per heavy atom. The molecule has 0 amide bonds. The normalized spacial score (nSPS) is 12.4. The number of benzene rings is 1. The molecule has 0 aliphatic carbocycles. The maximum Gasteiger partial charge on any atom is 0.115 e. The lowest BCUT2D eigenvalue weighted by Gasteiger charge is -2.07. The molecule has 1 N–H and O–H groups in total. The van der Waals surface area contributed by atoms with Gasteiger partial charge < -0.3 is 5.11 Å². The van der Waals surface area contributed by atoms with Gasteiger partial charge >= 0.3 is 0 Å². The van der Waals surface area contributed by atoms with Crippen molar-refractivity contribution >= 4 is 0 Å². The molecule has 1 rings (SSSR count). The van der Waals surface area contributed by atoms with E-state index in [2.05, 4.69) is 5.18 Å². The summed E-state index contributed by atoms with van der Waals surface area (Å²) in [4.78, 5) is 10.5. The second kappa shape index (κ2) is 5.37. The molecule has 0 saturated heterocycles. The van der Waals surface area contributed by atoms with Crippen LogP contribution in [0.15, 0.2) is 29.4 Å². The second-order valence-electron chi connectivity index (χ2n) is 3.42. The largest absolute Gasteiger partial charge is 0.508 e. The van der Waals surface area contributed by atoms with Gasteiger partial charge in [-0.1, -0.05) is 30.7 Å². The van der Waals surface area contributed by atoms with E-state index in [9.17, 15) is 10.0 Å². The highest BCUT2D eigenvalue weighted by Crippen LogP contribution is 2.15. The van der Waals surface area contributed by atoms with Crippen LogP contribution in [-0.2, 0) is 6.42 Å². The minimum atomic E-state index is -0.165. The summed E-state index contributed by atoms with van der Waals surface area (Å²) in [7, 11) is 0. The first kappa shape index (κ1) is 10.7. The van der Waals surface area contributed by atoms with Crippen molar-refractivity contribution in [2.75, 3.05) is 0 Å². The first-order chi connectivity index (χ1) is 6.76. The standard InChI is InChI=1S/C11H15NO2/c1-2-4-10(12-14)7-9-5-3-6-11(13)8-9/h3,5-6,8,10,13H,2,4,7H2,1H3. The second-order valence-corrected chi connectivity index (χ2v) is 3.42. The van der Waals surface area contributed by atoms with Gasteiger partial charge in [0.25, 0.3) is 0 Å². The molecule has 0 bridgehead atoms. The predicted molar refractivity (Wildman–Crippen MR) is 56.3 cm³/mol. The Labute approximate surface area is 83.7 Å². The van der Waals surface area contributed by atoms with E-state index in [0.29, 0.717) is 6.42 Å². The molecular formula is C11H15NO2. The van der Waals surface area contributed by atoms with E-state index in [-0.39, 0.29) is 11.8 Å². The van der Waals surface area contributed by atoms with Crippen molar-refractivity contribution in [2.24, 2.45) is 5.18 Å². The summed E-state index contributed by atoms with van der Waals surface area (Å²) in [5.41, 5.74) is 0.961. The molecule has 0 heterocycles. The number of hydrogen-bond donors (Lipinski definition) is 1. The maximum absolute atomic E-state index is 10.5. The molecule has 0 aromatic heterocycles. The topological polar surface area (TPSA) is 49.7 Å². The van der Waals surface area contributed by atoms with Gasteiger partial charge in [-0.15, -0.1) is 0 Å². The van der Waals surface area contributed by atoms with Crippen LogP contribution in [0.1, 0.15) is 25.3 Å². The third kappa shape index (κ3) is 3.17. The Morgan fingerprint density at radius 3 is 2.86 bits per heavy atom. The van der Waals surface area contributed by atoms with Crippen LogP contribution in [0.25, 0.3) is 0 Å². The zero-order valence-corrected chi connectivity index (χ0v) is 8.31. The maximum atomic E-state index is 10.5. The van der Waals surface area contributed by atoms with Gasteiger partial charge in [-0.3, -0.25) is 0 Å². The van der Waals surface area contributed by atoms with Gasteiger partial charge in [0.1, 0.15) is 5.75 Å². The highest BCUT2D eigenvalue weighted by molar-refractivity contribution is 5.27. The summed E-state index contributed by atoms with van der Waals surface area (Å²) in [6, 6.07) is 6.80. The summed E-state index contributed by atoms with van der Waals surface area (Å²) in [5.74, 6) is 0.239. The lowest BCUT2D eigenvalue weighted by Crippen LogP contribution is -2.06. The molecule has 3 heteroatoms. The number of phenolic OH excluding ortho intramolecular Hbond substituents is 1. The number of nitroso groups, excluding NO2 is 1. The quantitative estimate of drug-likeness (QED) is 0.731. The Kier molecular flexibility index (Phi) is 4.11. The summed E-state index contributed by atoms with van der Waals surface area (Å²) >= 11 is 0. The molecule has 0 aliphatic heterocycles. The molecule has 0 spiro atoms. The van der Waals surface area contributed by atoms with E-state index >= 15 is 0 Å². The summed E-state index contributed by atoms with van der Waals surface area (Å²) in [6.07, 6.45) is 2.38. The molecule has 3 nitrogen and oxygen atoms in total. The molecule has 1 unspecified atom stereocenters. The molecular weight excluding hydrogens is 178 g/mol. The Morgan fingerprint density at radius 2 is 2.29 bits per heavy atom. The van der Waals surface area contributed by atoms with Gasteiger partial charge in [-0.2, -0.15) is 4.91 Å². The highest BCUT2D eigenvalue weighted by Gasteiger charge is 2.08. The molecule has 1 atom stereocenters. The van der Waals surface area contributed by atoms with Crippen LogP contribution >= 0.6 is 0 Å². The Balaban J connectivity index is 2.62. The smallest absolute Gasteiger partial charge is 0.115 e. The van der Waals surface area contributed by atoms with Crippen LogP contribution in [0.2, 0.25) is 0 Å².